The van der Waals surface area contributed by atoms with E-state index in [2.05, 4.69) is 0 Å². The molecule has 1 amide bonds. The highest BCUT2D eigenvalue weighted by molar-refractivity contribution is 5.80. The zero-order valence-corrected chi connectivity index (χ0v) is 11.3. The van der Waals surface area contributed by atoms with E-state index in [1.807, 2.05) is 38.1 Å². The Hall–Kier alpha value is -1.55. The molecule has 0 heterocycles. The van der Waals surface area contributed by atoms with Crippen molar-refractivity contribution in [1.29, 1.82) is 0 Å². The highest BCUT2D eigenvalue weighted by Gasteiger charge is 2.11. The number of carbonyl (C=O) groups is 1. The van der Waals surface area contributed by atoms with E-state index in [4.69, 9.17) is 10.5 Å². The number of para-hydroxylation sites is 1. The van der Waals surface area contributed by atoms with Crippen LogP contribution in [0, 0.1) is 0 Å². The van der Waals surface area contributed by atoms with E-state index < -0.39 is 0 Å². The number of benzene rings is 1. The van der Waals surface area contributed by atoms with E-state index in [0.717, 1.165) is 5.56 Å². The molecule has 4 nitrogen and oxygen atoms in total. The molecule has 1 aromatic rings. The van der Waals surface area contributed by atoms with Crippen molar-refractivity contribution in [2.75, 3.05) is 25.9 Å². The van der Waals surface area contributed by atoms with Crippen molar-refractivity contribution in [3.8, 4) is 0 Å². The van der Waals surface area contributed by atoms with Crippen LogP contribution in [0.25, 0.3) is 0 Å². The number of hydrogen-bond donors (Lipinski definition) is 1. The van der Waals surface area contributed by atoms with Gasteiger partial charge < -0.3 is 15.4 Å². The molecule has 0 fully saturated rings. The minimum atomic E-state index is 0.0558. The third-order valence-corrected chi connectivity index (χ3v) is 2.70. The average molecular weight is 250 g/mol. The van der Waals surface area contributed by atoms with Gasteiger partial charge in [0.1, 0.15) is 0 Å². The molecule has 0 aliphatic rings. The van der Waals surface area contributed by atoms with Gasteiger partial charge in [0.05, 0.1) is 19.1 Å². The lowest BCUT2D eigenvalue weighted by Gasteiger charge is -2.18. The summed E-state index contributed by atoms with van der Waals surface area (Å²) < 4.78 is 5.42. The van der Waals surface area contributed by atoms with Crippen LogP contribution < -0.4 is 5.73 Å². The van der Waals surface area contributed by atoms with Gasteiger partial charge in [-0.3, -0.25) is 4.79 Å². The number of nitrogens with zero attached hydrogens (tertiary/aromatic N) is 1. The van der Waals surface area contributed by atoms with Crippen LogP contribution in [-0.4, -0.2) is 37.1 Å². The summed E-state index contributed by atoms with van der Waals surface area (Å²) in [6.45, 7) is 5.12. The molecule has 0 aliphatic carbocycles. The Morgan fingerprint density at radius 3 is 2.67 bits per heavy atom. The molecule has 0 bridgehead atoms. The molecule has 1 rings (SSSR count). The zero-order chi connectivity index (χ0) is 13.5. The maximum absolute atomic E-state index is 12.0. The highest BCUT2D eigenvalue weighted by atomic mass is 16.5. The molecule has 0 aromatic heterocycles. The Bertz CT molecular complexity index is 391. The number of nitrogen functional groups attached to an aromatic ring is 1. The summed E-state index contributed by atoms with van der Waals surface area (Å²) >= 11 is 0. The number of anilines is 1. The summed E-state index contributed by atoms with van der Waals surface area (Å²) in [4.78, 5) is 13.6. The first-order valence-corrected chi connectivity index (χ1v) is 6.19. The predicted molar refractivity (Wildman–Crippen MR) is 73.3 cm³/mol. The van der Waals surface area contributed by atoms with E-state index >= 15 is 0 Å². The standard InChI is InChI=1S/C14H22N2O2/c1-11(2)18-9-8-16(3)14(17)10-12-6-4-5-7-13(12)15/h4-7,11H,8-10,15H2,1-3H3. The Kier molecular flexibility index (Phi) is 5.65. The summed E-state index contributed by atoms with van der Waals surface area (Å²) in [5.41, 5.74) is 7.35. The van der Waals surface area contributed by atoms with Gasteiger partial charge in [-0.2, -0.15) is 0 Å². The van der Waals surface area contributed by atoms with Gasteiger partial charge in [-0.05, 0) is 25.5 Å². The van der Waals surface area contributed by atoms with Gasteiger partial charge in [0, 0.05) is 19.3 Å². The van der Waals surface area contributed by atoms with E-state index in [1.165, 1.54) is 0 Å². The third kappa shape index (κ3) is 4.75. The molecule has 0 unspecified atom stereocenters. The number of likely N-dealkylation sites (N-methyl/N-ethyl adjacent to an activating group) is 1. The molecule has 0 saturated heterocycles. The second-order valence-electron chi connectivity index (χ2n) is 4.61. The van der Waals surface area contributed by atoms with Gasteiger partial charge in [-0.1, -0.05) is 18.2 Å². The fourth-order valence-electron chi connectivity index (χ4n) is 1.54. The summed E-state index contributed by atoms with van der Waals surface area (Å²) in [5, 5.41) is 0. The van der Waals surface area contributed by atoms with Crippen LogP contribution in [-0.2, 0) is 16.0 Å². The van der Waals surface area contributed by atoms with Crippen LogP contribution in [0.4, 0.5) is 5.69 Å². The second kappa shape index (κ2) is 7.01. The smallest absolute Gasteiger partial charge is 0.226 e. The Balaban J connectivity index is 2.43. The molecule has 0 spiro atoms. The van der Waals surface area contributed by atoms with Gasteiger partial charge in [-0.25, -0.2) is 0 Å². The summed E-state index contributed by atoms with van der Waals surface area (Å²) in [5.74, 6) is 0.0558. The van der Waals surface area contributed by atoms with Crippen molar-refractivity contribution in [3.63, 3.8) is 0 Å². The number of hydrogen-bond acceptors (Lipinski definition) is 3. The minimum Gasteiger partial charge on any atom is -0.398 e. The van der Waals surface area contributed by atoms with Gasteiger partial charge in [0.15, 0.2) is 0 Å². The molecule has 100 valence electrons. The van der Waals surface area contributed by atoms with E-state index in [1.54, 1.807) is 11.9 Å². The van der Waals surface area contributed by atoms with Crippen molar-refractivity contribution in [3.05, 3.63) is 29.8 Å². The van der Waals surface area contributed by atoms with E-state index in [-0.39, 0.29) is 12.0 Å². The third-order valence-electron chi connectivity index (χ3n) is 2.70. The number of amides is 1. The topological polar surface area (TPSA) is 55.6 Å². The molecular weight excluding hydrogens is 228 g/mol. The van der Waals surface area contributed by atoms with Crippen LogP contribution in [0.2, 0.25) is 0 Å². The highest BCUT2D eigenvalue weighted by Crippen LogP contribution is 2.11. The van der Waals surface area contributed by atoms with E-state index in [0.29, 0.717) is 25.3 Å². The molecule has 4 heteroatoms. The van der Waals surface area contributed by atoms with Crippen molar-refractivity contribution < 1.29 is 9.53 Å². The monoisotopic (exact) mass is 250 g/mol. The fraction of sp³-hybridized carbons (Fsp3) is 0.500. The van der Waals surface area contributed by atoms with Crippen LogP contribution in [0.15, 0.2) is 24.3 Å². The minimum absolute atomic E-state index is 0.0558. The van der Waals surface area contributed by atoms with Gasteiger partial charge >= 0.3 is 0 Å². The van der Waals surface area contributed by atoms with Crippen molar-refractivity contribution >= 4 is 11.6 Å². The second-order valence-corrected chi connectivity index (χ2v) is 4.61. The lowest BCUT2D eigenvalue weighted by molar-refractivity contribution is -0.130. The van der Waals surface area contributed by atoms with Gasteiger partial charge in [-0.15, -0.1) is 0 Å². The molecule has 0 radical (unpaired) electrons. The molecule has 18 heavy (non-hydrogen) atoms. The average Bonchev–Trinajstić information content (AvgIpc) is 2.31. The lowest BCUT2D eigenvalue weighted by Crippen LogP contribution is -2.32. The Labute approximate surface area is 109 Å². The van der Waals surface area contributed by atoms with Crippen molar-refractivity contribution in [2.45, 2.75) is 26.4 Å². The number of nitrogens with two attached hydrogens (primary N) is 1. The van der Waals surface area contributed by atoms with Crippen LogP contribution in [0.5, 0.6) is 0 Å². The van der Waals surface area contributed by atoms with Crippen LogP contribution in [0.1, 0.15) is 19.4 Å². The van der Waals surface area contributed by atoms with Crippen molar-refractivity contribution in [2.24, 2.45) is 0 Å². The maximum atomic E-state index is 12.0. The SMILES string of the molecule is CC(C)OCCN(C)C(=O)Cc1ccccc1N. The first kappa shape index (κ1) is 14.5. The lowest BCUT2D eigenvalue weighted by atomic mass is 10.1. The molecule has 0 aliphatic heterocycles. The zero-order valence-electron chi connectivity index (χ0n) is 11.3. The van der Waals surface area contributed by atoms with Gasteiger partial charge in [0.2, 0.25) is 5.91 Å². The molecule has 0 saturated carbocycles. The van der Waals surface area contributed by atoms with E-state index in [9.17, 15) is 4.79 Å². The van der Waals surface area contributed by atoms with Gasteiger partial charge in [0.25, 0.3) is 0 Å². The Morgan fingerprint density at radius 1 is 1.39 bits per heavy atom. The van der Waals surface area contributed by atoms with Crippen LogP contribution in [0.3, 0.4) is 0 Å². The predicted octanol–water partition coefficient (Wildman–Crippen LogP) is 1.69. The first-order chi connectivity index (χ1) is 8.50. The largest absolute Gasteiger partial charge is 0.398 e. The normalized spacial score (nSPS) is 10.7. The molecule has 0 atom stereocenters. The number of carbonyl (C=O) groups excluding carboxylic acids is 1. The van der Waals surface area contributed by atoms with Crippen molar-refractivity contribution in [1.82, 2.24) is 4.90 Å². The van der Waals surface area contributed by atoms with Crippen LogP contribution >= 0.6 is 0 Å². The molecule has 2 N–H and O–H groups in total. The first-order valence-electron chi connectivity index (χ1n) is 6.19. The molecular formula is C14H22N2O2. The maximum Gasteiger partial charge on any atom is 0.226 e. The summed E-state index contributed by atoms with van der Waals surface area (Å²) in [6.07, 6.45) is 0.531. The molecule has 1 aromatic carbocycles. The number of rotatable bonds is 6. The Morgan fingerprint density at radius 2 is 2.06 bits per heavy atom. The fourth-order valence-corrected chi connectivity index (χ4v) is 1.54. The summed E-state index contributed by atoms with van der Waals surface area (Å²) in [6, 6.07) is 7.44. The number of ether oxygens (including phenoxy) is 1. The summed E-state index contributed by atoms with van der Waals surface area (Å²) in [7, 11) is 1.78. The quantitative estimate of drug-likeness (QED) is 0.782.